The van der Waals surface area contributed by atoms with E-state index in [1.807, 2.05) is 27.2 Å². The summed E-state index contributed by atoms with van der Waals surface area (Å²) < 4.78 is 23.7. The maximum absolute atomic E-state index is 13.0. The highest BCUT2D eigenvalue weighted by atomic mass is 31.2. The summed E-state index contributed by atoms with van der Waals surface area (Å²) in [5.74, 6) is -0.185. The van der Waals surface area contributed by atoms with E-state index in [1.165, 1.54) is 250 Å². The van der Waals surface area contributed by atoms with E-state index in [9.17, 15) is 19.4 Å². The van der Waals surface area contributed by atoms with Crippen molar-refractivity contribution in [3.8, 4) is 0 Å². The van der Waals surface area contributed by atoms with Gasteiger partial charge in [0.2, 0.25) is 5.91 Å². The van der Waals surface area contributed by atoms with Crippen LogP contribution in [0.1, 0.15) is 316 Å². The number of nitrogens with one attached hydrogen (secondary N) is 1. The Bertz CT molecular complexity index is 1280. The molecule has 0 radical (unpaired) electrons. The van der Waals surface area contributed by atoms with E-state index in [-0.39, 0.29) is 19.1 Å². The molecule has 432 valence electrons. The molecule has 0 bridgehead atoms. The first-order chi connectivity index (χ1) is 35.5. The molecule has 0 aromatic carbocycles. The van der Waals surface area contributed by atoms with Gasteiger partial charge >= 0.3 is 7.82 Å². The predicted octanol–water partition coefficient (Wildman–Crippen LogP) is 19.7. The Morgan fingerprint density at radius 2 is 0.753 bits per heavy atom. The van der Waals surface area contributed by atoms with Crippen molar-refractivity contribution in [3.05, 3.63) is 36.5 Å². The number of carbonyl (C=O) groups excluding carboxylic acids is 1. The largest absolute Gasteiger partial charge is 0.472 e. The molecule has 0 rings (SSSR count). The molecule has 0 fully saturated rings. The molecule has 3 N–H and O–H groups in total. The van der Waals surface area contributed by atoms with Crippen molar-refractivity contribution in [2.45, 2.75) is 328 Å². The summed E-state index contributed by atoms with van der Waals surface area (Å²) in [4.78, 5) is 23.3. The lowest BCUT2D eigenvalue weighted by Gasteiger charge is -2.25. The van der Waals surface area contributed by atoms with Crippen molar-refractivity contribution >= 4 is 13.7 Å². The van der Waals surface area contributed by atoms with Crippen molar-refractivity contribution in [3.63, 3.8) is 0 Å². The van der Waals surface area contributed by atoms with Gasteiger partial charge in [-0.15, -0.1) is 0 Å². The molecule has 9 heteroatoms. The smallest absolute Gasteiger partial charge is 0.387 e. The number of allylic oxidation sites excluding steroid dienone is 5. The molecule has 1 amide bonds. The normalized spacial score (nSPS) is 14.0. The summed E-state index contributed by atoms with van der Waals surface area (Å²) in [6, 6.07) is -0.868. The second-order valence-corrected chi connectivity index (χ2v) is 24.6. The molecule has 0 aliphatic heterocycles. The van der Waals surface area contributed by atoms with Crippen LogP contribution in [0, 0.1) is 0 Å². The lowest BCUT2D eigenvalue weighted by molar-refractivity contribution is -0.870. The molecule has 0 aliphatic carbocycles. The minimum absolute atomic E-state index is 0.0552. The Hall–Kier alpha value is -1.28. The van der Waals surface area contributed by atoms with E-state index >= 15 is 0 Å². The van der Waals surface area contributed by atoms with Crippen LogP contribution in [-0.2, 0) is 18.4 Å². The van der Waals surface area contributed by atoms with E-state index < -0.39 is 20.0 Å². The molecule has 0 aromatic rings. The molecular weight excluding hydrogens is 924 g/mol. The molecule has 0 aliphatic rings. The second-order valence-electron chi connectivity index (χ2n) is 23.1. The fraction of sp³-hybridized carbons (Fsp3) is 0.891. The second kappa shape index (κ2) is 55.5. The SMILES string of the molecule is CCCCCCCCCCC/C=C/CC/C=C/CC/C=C/C(O)C(COP(=O)(O)OCC[N+](C)(C)C)NC(=O)CCCCCCCCCCCCCCCCCCCCCCCCCCCCCCCCCC. The quantitative estimate of drug-likeness (QED) is 0.0243. The number of phosphoric ester groups is 1. The van der Waals surface area contributed by atoms with Crippen LogP contribution in [0.25, 0.3) is 0 Å². The lowest BCUT2D eigenvalue weighted by atomic mass is 10.0. The minimum Gasteiger partial charge on any atom is -0.387 e. The highest BCUT2D eigenvalue weighted by Crippen LogP contribution is 2.43. The van der Waals surface area contributed by atoms with Crippen LogP contribution in [0.5, 0.6) is 0 Å². The number of aliphatic hydroxyl groups is 1. The van der Waals surface area contributed by atoms with Gasteiger partial charge in [0.15, 0.2) is 0 Å². The predicted molar refractivity (Wildman–Crippen MR) is 318 cm³/mol. The molecule has 0 saturated carbocycles. The van der Waals surface area contributed by atoms with Crippen LogP contribution < -0.4 is 5.32 Å². The van der Waals surface area contributed by atoms with Crippen molar-refractivity contribution in [1.29, 1.82) is 0 Å². The Morgan fingerprint density at radius 3 is 1.10 bits per heavy atom. The van der Waals surface area contributed by atoms with Gasteiger partial charge in [0, 0.05) is 6.42 Å². The minimum atomic E-state index is -4.36. The van der Waals surface area contributed by atoms with Crippen molar-refractivity contribution in [1.82, 2.24) is 5.32 Å². The van der Waals surface area contributed by atoms with E-state index in [4.69, 9.17) is 9.05 Å². The summed E-state index contributed by atoms with van der Waals surface area (Å²) in [5.41, 5.74) is 0. The average molecular weight is 1050 g/mol. The Labute approximate surface area is 455 Å². The van der Waals surface area contributed by atoms with Crippen LogP contribution in [0.2, 0.25) is 0 Å². The number of unbranched alkanes of at least 4 members (excludes halogenated alkanes) is 42. The third-order valence-corrected chi connectivity index (χ3v) is 15.6. The number of carbonyl (C=O) groups is 1. The van der Waals surface area contributed by atoms with Gasteiger partial charge in [-0.1, -0.05) is 301 Å². The number of rotatable bonds is 59. The number of phosphoric acid groups is 1. The molecule has 0 aromatic heterocycles. The maximum atomic E-state index is 13.0. The Kier molecular flexibility index (Phi) is 54.5. The molecule has 8 nitrogen and oxygen atoms in total. The van der Waals surface area contributed by atoms with Gasteiger partial charge in [-0.25, -0.2) is 4.57 Å². The molecular formula is C64H126N2O6P+. The van der Waals surface area contributed by atoms with Gasteiger partial charge in [0.25, 0.3) is 0 Å². The maximum Gasteiger partial charge on any atom is 0.472 e. The average Bonchev–Trinajstić information content (AvgIpc) is 3.35. The number of aliphatic hydroxyl groups excluding tert-OH is 1. The molecule has 3 unspecified atom stereocenters. The van der Waals surface area contributed by atoms with Crippen LogP contribution in [0.3, 0.4) is 0 Å². The highest BCUT2D eigenvalue weighted by Gasteiger charge is 2.27. The van der Waals surface area contributed by atoms with Gasteiger partial charge in [-0.05, 0) is 44.9 Å². The zero-order chi connectivity index (χ0) is 53.5. The zero-order valence-electron chi connectivity index (χ0n) is 49.4. The summed E-state index contributed by atoms with van der Waals surface area (Å²) in [6.07, 6.45) is 72.8. The number of hydrogen-bond acceptors (Lipinski definition) is 5. The first kappa shape index (κ1) is 71.7. The summed E-state index contributed by atoms with van der Waals surface area (Å²) >= 11 is 0. The topological polar surface area (TPSA) is 105 Å². The number of amides is 1. The fourth-order valence-corrected chi connectivity index (χ4v) is 10.3. The highest BCUT2D eigenvalue weighted by molar-refractivity contribution is 7.47. The molecule has 0 saturated heterocycles. The van der Waals surface area contributed by atoms with Crippen LogP contribution in [0.4, 0.5) is 0 Å². The van der Waals surface area contributed by atoms with E-state index in [2.05, 4.69) is 43.5 Å². The van der Waals surface area contributed by atoms with Gasteiger partial charge < -0.3 is 19.8 Å². The van der Waals surface area contributed by atoms with Crippen molar-refractivity contribution in [2.24, 2.45) is 0 Å². The lowest BCUT2D eigenvalue weighted by Crippen LogP contribution is -2.45. The van der Waals surface area contributed by atoms with E-state index in [0.717, 1.165) is 44.9 Å². The summed E-state index contributed by atoms with van der Waals surface area (Å²) in [6.45, 7) is 4.83. The fourth-order valence-electron chi connectivity index (χ4n) is 9.61. The zero-order valence-corrected chi connectivity index (χ0v) is 50.3. The Morgan fingerprint density at radius 1 is 0.452 bits per heavy atom. The third-order valence-electron chi connectivity index (χ3n) is 14.6. The standard InChI is InChI=1S/C64H125N2O6P/c1-6-8-10-12-14-16-18-20-22-24-26-27-28-29-30-31-32-33-34-35-36-37-38-40-42-44-46-48-50-52-54-56-58-64(68)65-62(61-72-73(69,70)71-60-59-66(3,4)5)63(67)57-55-53-51-49-47-45-43-41-39-25-23-21-19-17-15-13-11-9-7-2/h39,41,47,49,55,57,62-63,67H,6-38,40,42-46,48,50-54,56,58-61H2,1-5H3,(H-,65,68,69,70)/p+1/b41-39+,49-47+,57-55+. The number of nitrogens with zero attached hydrogens (tertiary/aromatic N) is 1. The van der Waals surface area contributed by atoms with Crippen LogP contribution in [-0.4, -0.2) is 73.4 Å². The van der Waals surface area contributed by atoms with E-state index in [0.29, 0.717) is 17.4 Å². The van der Waals surface area contributed by atoms with Crippen LogP contribution in [0.15, 0.2) is 36.5 Å². The molecule has 0 heterocycles. The van der Waals surface area contributed by atoms with Crippen LogP contribution >= 0.6 is 7.82 Å². The number of hydrogen-bond donors (Lipinski definition) is 3. The van der Waals surface area contributed by atoms with Crippen molar-refractivity contribution in [2.75, 3.05) is 40.9 Å². The van der Waals surface area contributed by atoms with Gasteiger partial charge in [0.1, 0.15) is 13.2 Å². The van der Waals surface area contributed by atoms with Crippen molar-refractivity contribution < 1.29 is 32.9 Å². The van der Waals surface area contributed by atoms with Gasteiger partial charge in [0.05, 0.1) is 39.9 Å². The summed E-state index contributed by atoms with van der Waals surface area (Å²) in [7, 11) is 1.56. The van der Waals surface area contributed by atoms with E-state index in [1.54, 1.807) is 6.08 Å². The first-order valence-corrected chi connectivity index (χ1v) is 33.4. The molecule has 3 atom stereocenters. The van der Waals surface area contributed by atoms with Gasteiger partial charge in [-0.2, -0.15) is 0 Å². The van der Waals surface area contributed by atoms with Gasteiger partial charge in [-0.3, -0.25) is 13.8 Å². The molecule has 73 heavy (non-hydrogen) atoms. The first-order valence-electron chi connectivity index (χ1n) is 31.9. The summed E-state index contributed by atoms with van der Waals surface area (Å²) in [5, 5.41) is 13.9. The Balaban J connectivity index is 4.07. The third kappa shape index (κ3) is 58.2. The monoisotopic (exact) mass is 1050 g/mol. The molecule has 0 spiro atoms. The number of likely N-dealkylation sites (N-methyl/N-ethyl adjacent to an activating group) is 1. The number of quaternary nitrogens is 1.